The lowest BCUT2D eigenvalue weighted by Crippen LogP contribution is -2.11. The summed E-state index contributed by atoms with van der Waals surface area (Å²) in [5, 5.41) is 9.24. The molecule has 0 saturated heterocycles. The first kappa shape index (κ1) is 14.8. The summed E-state index contributed by atoms with van der Waals surface area (Å²) < 4.78 is 14.3. The van der Waals surface area contributed by atoms with E-state index in [4.69, 9.17) is 0 Å². The van der Waals surface area contributed by atoms with Crippen LogP contribution in [0.1, 0.15) is 24.8 Å². The van der Waals surface area contributed by atoms with Gasteiger partial charge in [-0.2, -0.15) is 0 Å². The fourth-order valence-corrected chi connectivity index (χ4v) is 2.15. The van der Waals surface area contributed by atoms with Gasteiger partial charge in [0.25, 0.3) is 0 Å². The van der Waals surface area contributed by atoms with Crippen molar-refractivity contribution in [3.63, 3.8) is 0 Å². The molecule has 0 saturated carbocycles. The largest absolute Gasteiger partial charge is 0.481 e. The molecule has 0 aliphatic heterocycles. The first-order valence-corrected chi connectivity index (χ1v) is 6.60. The highest BCUT2D eigenvalue weighted by Gasteiger charge is 2.20. The van der Waals surface area contributed by atoms with Gasteiger partial charge in [0, 0.05) is 12.0 Å². The molecule has 0 fully saturated rings. The maximum atomic E-state index is 14.3. The van der Waals surface area contributed by atoms with Gasteiger partial charge >= 0.3 is 5.97 Å². The van der Waals surface area contributed by atoms with Crippen LogP contribution in [0.5, 0.6) is 0 Å². The Kier molecular flexibility index (Phi) is 4.73. The average molecular weight is 282 g/mol. The molecule has 0 heterocycles. The molecule has 1 atom stereocenters. The lowest BCUT2D eigenvalue weighted by molar-refractivity contribution is -0.138. The Morgan fingerprint density at radius 2 is 1.95 bits per heavy atom. The van der Waals surface area contributed by atoms with E-state index in [1.54, 1.807) is 19.1 Å². The zero-order chi connectivity index (χ0) is 15.2. The molecular formula is C18H15FO2. The average Bonchev–Trinajstić information content (AvgIpc) is 2.48. The van der Waals surface area contributed by atoms with Gasteiger partial charge in [-0.25, -0.2) is 4.39 Å². The molecule has 3 heteroatoms. The zero-order valence-electron chi connectivity index (χ0n) is 11.6. The highest BCUT2D eigenvalue weighted by atomic mass is 19.1. The van der Waals surface area contributed by atoms with Crippen molar-refractivity contribution in [1.82, 2.24) is 0 Å². The summed E-state index contributed by atoms with van der Waals surface area (Å²) >= 11 is 0. The minimum absolute atomic E-state index is 0.177. The summed E-state index contributed by atoms with van der Waals surface area (Å²) in [6, 6.07) is 13.7. The van der Waals surface area contributed by atoms with Crippen LogP contribution in [-0.4, -0.2) is 11.1 Å². The van der Waals surface area contributed by atoms with Crippen LogP contribution in [0.25, 0.3) is 11.1 Å². The minimum atomic E-state index is -0.996. The summed E-state index contributed by atoms with van der Waals surface area (Å²) in [4.78, 5) is 11.3. The van der Waals surface area contributed by atoms with Gasteiger partial charge in [0.2, 0.25) is 0 Å². The van der Waals surface area contributed by atoms with Crippen molar-refractivity contribution in [3.05, 3.63) is 59.9 Å². The summed E-state index contributed by atoms with van der Waals surface area (Å²) in [7, 11) is 0. The second-order valence-electron chi connectivity index (χ2n) is 4.63. The summed E-state index contributed by atoms with van der Waals surface area (Å²) in [5.74, 6) is 3.18. The van der Waals surface area contributed by atoms with Crippen LogP contribution in [0.3, 0.4) is 0 Å². The van der Waals surface area contributed by atoms with Crippen LogP contribution in [0.4, 0.5) is 4.39 Å². The maximum absolute atomic E-state index is 14.3. The van der Waals surface area contributed by atoms with Gasteiger partial charge in [-0.05, 0) is 24.1 Å². The number of carboxylic acids is 1. The number of hydrogen-bond acceptors (Lipinski definition) is 1. The molecule has 0 spiro atoms. The van der Waals surface area contributed by atoms with Gasteiger partial charge in [0.1, 0.15) is 5.82 Å². The van der Waals surface area contributed by atoms with Gasteiger partial charge < -0.3 is 5.11 Å². The second kappa shape index (κ2) is 6.71. The molecule has 1 unspecified atom stereocenters. The minimum Gasteiger partial charge on any atom is -0.481 e. The summed E-state index contributed by atoms with van der Waals surface area (Å²) in [6.45, 7) is 1.65. The lowest BCUT2D eigenvalue weighted by atomic mass is 9.93. The molecule has 0 amide bonds. The fraction of sp³-hybridized carbons (Fsp3) is 0.167. The molecule has 2 aromatic rings. The molecule has 0 aromatic heterocycles. The van der Waals surface area contributed by atoms with E-state index in [1.807, 2.05) is 30.3 Å². The van der Waals surface area contributed by atoms with Crippen LogP contribution in [0, 0.1) is 17.7 Å². The van der Waals surface area contributed by atoms with E-state index in [9.17, 15) is 14.3 Å². The fourth-order valence-electron chi connectivity index (χ4n) is 2.15. The van der Waals surface area contributed by atoms with E-state index in [1.165, 1.54) is 6.07 Å². The number of benzene rings is 2. The van der Waals surface area contributed by atoms with Crippen LogP contribution >= 0.6 is 0 Å². The molecule has 0 aliphatic carbocycles. The third-order valence-electron chi connectivity index (χ3n) is 3.26. The Hall–Kier alpha value is -2.60. The van der Waals surface area contributed by atoms with Gasteiger partial charge in [0.05, 0.1) is 5.92 Å². The maximum Gasteiger partial charge on any atom is 0.311 e. The predicted octanol–water partition coefficient (Wildman–Crippen LogP) is 4.07. The van der Waals surface area contributed by atoms with E-state index >= 15 is 0 Å². The summed E-state index contributed by atoms with van der Waals surface area (Å²) in [6.07, 6.45) is 0.177. The Balaban J connectivity index is 2.37. The van der Waals surface area contributed by atoms with Crippen molar-refractivity contribution >= 4 is 5.97 Å². The predicted molar refractivity (Wildman–Crippen MR) is 80.3 cm³/mol. The second-order valence-corrected chi connectivity index (χ2v) is 4.63. The van der Waals surface area contributed by atoms with Crippen molar-refractivity contribution in [2.24, 2.45) is 0 Å². The quantitative estimate of drug-likeness (QED) is 0.858. The third kappa shape index (κ3) is 3.49. The third-order valence-corrected chi connectivity index (χ3v) is 3.26. The molecule has 0 aliphatic rings. The Bertz CT molecular complexity index is 696. The number of rotatable bonds is 4. The monoisotopic (exact) mass is 282 g/mol. The topological polar surface area (TPSA) is 37.3 Å². The van der Waals surface area contributed by atoms with Gasteiger partial charge in [-0.15, -0.1) is 11.8 Å². The first-order valence-electron chi connectivity index (χ1n) is 6.60. The molecule has 0 radical (unpaired) electrons. The molecule has 0 bridgehead atoms. The van der Waals surface area contributed by atoms with E-state index in [-0.39, 0.29) is 6.42 Å². The number of halogens is 1. The van der Waals surface area contributed by atoms with E-state index in [0.29, 0.717) is 11.1 Å². The molecule has 2 aromatic carbocycles. The zero-order valence-corrected chi connectivity index (χ0v) is 11.6. The van der Waals surface area contributed by atoms with Crippen LogP contribution in [0.15, 0.2) is 48.5 Å². The SMILES string of the molecule is CC#CCC(C(=O)O)c1ccc(-c2ccccc2)c(F)c1. The highest BCUT2D eigenvalue weighted by molar-refractivity contribution is 5.77. The number of hydrogen-bond donors (Lipinski definition) is 1. The number of carbonyl (C=O) groups is 1. The van der Waals surface area contributed by atoms with E-state index < -0.39 is 17.7 Å². The van der Waals surface area contributed by atoms with Crippen molar-refractivity contribution < 1.29 is 14.3 Å². The molecule has 2 nitrogen and oxygen atoms in total. The van der Waals surface area contributed by atoms with Crippen LogP contribution < -0.4 is 0 Å². The van der Waals surface area contributed by atoms with Gasteiger partial charge in [-0.1, -0.05) is 42.5 Å². The van der Waals surface area contributed by atoms with Crippen molar-refractivity contribution in [2.75, 3.05) is 0 Å². The Labute approximate surface area is 123 Å². The Morgan fingerprint density at radius 1 is 1.24 bits per heavy atom. The normalized spacial score (nSPS) is 11.3. The molecule has 21 heavy (non-hydrogen) atoms. The first-order chi connectivity index (χ1) is 10.1. The standard InChI is InChI=1S/C18H15FO2/c1-2-3-9-16(18(20)21)14-10-11-15(17(19)12-14)13-7-5-4-6-8-13/h4-8,10-12,16H,9H2,1H3,(H,20,21). The van der Waals surface area contributed by atoms with Crippen molar-refractivity contribution in [3.8, 4) is 23.0 Å². The highest BCUT2D eigenvalue weighted by Crippen LogP contribution is 2.27. The van der Waals surface area contributed by atoms with Gasteiger partial charge in [-0.3, -0.25) is 4.79 Å². The van der Waals surface area contributed by atoms with Crippen LogP contribution in [-0.2, 0) is 4.79 Å². The lowest BCUT2D eigenvalue weighted by Gasteiger charge is -2.11. The molecular weight excluding hydrogens is 267 g/mol. The smallest absolute Gasteiger partial charge is 0.311 e. The number of aliphatic carboxylic acids is 1. The molecule has 106 valence electrons. The van der Waals surface area contributed by atoms with Crippen molar-refractivity contribution in [1.29, 1.82) is 0 Å². The van der Waals surface area contributed by atoms with E-state index in [0.717, 1.165) is 5.56 Å². The number of carboxylic acid groups (broad SMARTS) is 1. The van der Waals surface area contributed by atoms with Crippen LogP contribution in [0.2, 0.25) is 0 Å². The summed E-state index contributed by atoms with van der Waals surface area (Å²) in [5.41, 5.74) is 1.66. The molecule has 2 rings (SSSR count). The van der Waals surface area contributed by atoms with Gasteiger partial charge in [0.15, 0.2) is 0 Å². The van der Waals surface area contributed by atoms with Crippen molar-refractivity contribution in [2.45, 2.75) is 19.3 Å². The molecule has 1 N–H and O–H groups in total. The van der Waals surface area contributed by atoms with E-state index in [2.05, 4.69) is 11.8 Å². The Morgan fingerprint density at radius 3 is 2.52 bits per heavy atom.